The topological polar surface area (TPSA) is 12.0 Å². The average molecular weight is 251 g/mol. The predicted molar refractivity (Wildman–Crippen MR) is 81.9 cm³/mol. The number of rotatable bonds is 1. The Kier molecular flexibility index (Phi) is 2.85. The summed E-state index contributed by atoms with van der Waals surface area (Å²) in [5.41, 5.74) is 9.74. The summed E-state index contributed by atoms with van der Waals surface area (Å²) in [5, 5.41) is 3.71. The first-order valence-electron chi connectivity index (χ1n) is 6.99. The van der Waals surface area contributed by atoms with Gasteiger partial charge in [0.15, 0.2) is 0 Å². The van der Waals surface area contributed by atoms with Crippen molar-refractivity contribution in [2.24, 2.45) is 0 Å². The van der Waals surface area contributed by atoms with Gasteiger partial charge in [0.2, 0.25) is 0 Å². The van der Waals surface area contributed by atoms with Gasteiger partial charge in [0.1, 0.15) is 0 Å². The number of anilines is 1. The molecule has 0 aromatic heterocycles. The van der Waals surface area contributed by atoms with E-state index in [0.717, 1.165) is 6.42 Å². The van der Waals surface area contributed by atoms with Crippen molar-refractivity contribution in [3.05, 3.63) is 63.7 Å². The van der Waals surface area contributed by atoms with Crippen LogP contribution in [0.5, 0.6) is 0 Å². The maximum absolute atomic E-state index is 3.71. The van der Waals surface area contributed by atoms with Crippen LogP contribution in [0.3, 0.4) is 0 Å². The van der Waals surface area contributed by atoms with Gasteiger partial charge in [0.25, 0.3) is 0 Å². The third-order valence-corrected chi connectivity index (χ3v) is 4.42. The number of hydrogen-bond acceptors (Lipinski definition) is 1. The maximum atomic E-state index is 3.71. The molecule has 0 bridgehead atoms. The molecule has 0 saturated carbocycles. The first-order valence-corrected chi connectivity index (χ1v) is 6.99. The summed E-state index contributed by atoms with van der Waals surface area (Å²) in [4.78, 5) is 0. The van der Waals surface area contributed by atoms with Gasteiger partial charge in [-0.25, -0.2) is 0 Å². The summed E-state index contributed by atoms with van der Waals surface area (Å²) < 4.78 is 0. The average Bonchev–Trinajstić information content (AvgIpc) is 2.83. The molecule has 1 aliphatic rings. The van der Waals surface area contributed by atoms with Gasteiger partial charge in [0.05, 0.1) is 6.04 Å². The molecule has 98 valence electrons. The van der Waals surface area contributed by atoms with Crippen LogP contribution in [0.4, 0.5) is 5.69 Å². The van der Waals surface area contributed by atoms with Crippen LogP contribution in [-0.2, 0) is 6.42 Å². The van der Waals surface area contributed by atoms with Crippen molar-refractivity contribution < 1.29 is 0 Å². The highest BCUT2D eigenvalue weighted by atomic mass is 15.0. The van der Waals surface area contributed by atoms with Crippen LogP contribution in [0.25, 0.3) is 0 Å². The predicted octanol–water partition coefficient (Wildman–Crippen LogP) is 4.63. The standard InChI is InChI=1S/C18H21N/c1-11-7-8-15(9-14(11)4)17-10-16-12(2)5-6-13(3)18(16)19-17/h5-9,17,19H,10H2,1-4H3. The van der Waals surface area contributed by atoms with Gasteiger partial charge in [-0.3, -0.25) is 0 Å². The highest BCUT2D eigenvalue weighted by Crippen LogP contribution is 2.38. The van der Waals surface area contributed by atoms with Crippen molar-refractivity contribution in [2.75, 3.05) is 5.32 Å². The molecule has 0 radical (unpaired) electrons. The quantitative estimate of drug-likeness (QED) is 0.779. The molecular weight excluding hydrogens is 230 g/mol. The molecule has 2 aromatic carbocycles. The van der Waals surface area contributed by atoms with Gasteiger partial charge in [0, 0.05) is 5.69 Å². The van der Waals surface area contributed by atoms with Crippen molar-refractivity contribution in [1.82, 2.24) is 0 Å². The van der Waals surface area contributed by atoms with Gasteiger partial charge >= 0.3 is 0 Å². The number of aryl methyl sites for hydroxylation is 4. The monoisotopic (exact) mass is 251 g/mol. The van der Waals surface area contributed by atoms with Crippen molar-refractivity contribution in [1.29, 1.82) is 0 Å². The summed E-state index contributed by atoms with van der Waals surface area (Å²) in [5.74, 6) is 0. The lowest BCUT2D eigenvalue weighted by Gasteiger charge is -2.14. The van der Waals surface area contributed by atoms with Crippen LogP contribution < -0.4 is 5.32 Å². The first kappa shape index (κ1) is 12.3. The minimum absolute atomic E-state index is 0.425. The van der Waals surface area contributed by atoms with E-state index in [9.17, 15) is 0 Å². The lowest BCUT2D eigenvalue weighted by molar-refractivity contribution is 0.819. The van der Waals surface area contributed by atoms with Gasteiger partial charge in [-0.1, -0.05) is 30.3 Å². The third-order valence-electron chi connectivity index (χ3n) is 4.42. The highest BCUT2D eigenvalue weighted by molar-refractivity contribution is 5.65. The van der Waals surface area contributed by atoms with Crippen LogP contribution in [0.1, 0.15) is 39.4 Å². The fourth-order valence-corrected chi connectivity index (χ4v) is 2.95. The minimum Gasteiger partial charge on any atom is -0.377 e. The Hall–Kier alpha value is -1.76. The zero-order valence-corrected chi connectivity index (χ0v) is 12.2. The Balaban J connectivity index is 1.97. The number of nitrogens with one attached hydrogen (secondary N) is 1. The van der Waals surface area contributed by atoms with E-state index < -0.39 is 0 Å². The summed E-state index contributed by atoms with van der Waals surface area (Å²) in [7, 11) is 0. The van der Waals surface area contributed by atoms with E-state index in [0.29, 0.717) is 6.04 Å². The fourth-order valence-electron chi connectivity index (χ4n) is 2.95. The second-order valence-electron chi connectivity index (χ2n) is 5.80. The Morgan fingerprint density at radius 2 is 1.53 bits per heavy atom. The highest BCUT2D eigenvalue weighted by Gasteiger charge is 2.24. The van der Waals surface area contributed by atoms with E-state index in [1.54, 1.807) is 0 Å². The lowest BCUT2D eigenvalue weighted by Crippen LogP contribution is -2.06. The van der Waals surface area contributed by atoms with Gasteiger partial charge in [-0.05, 0) is 67.5 Å². The van der Waals surface area contributed by atoms with Crippen LogP contribution in [-0.4, -0.2) is 0 Å². The van der Waals surface area contributed by atoms with Crippen molar-refractivity contribution in [2.45, 2.75) is 40.2 Å². The number of hydrogen-bond donors (Lipinski definition) is 1. The molecule has 1 atom stereocenters. The molecule has 19 heavy (non-hydrogen) atoms. The van der Waals surface area contributed by atoms with E-state index in [-0.39, 0.29) is 0 Å². The van der Waals surface area contributed by atoms with Crippen LogP contribution in [0, 0.1) is 27.7 Å². The zero-order valence-electron chi connectivity index (χ0n) is 12.2. The van der Waals surface area contributed by atoms with E-state index in [4.69, 9.17) is 0 Å². The van der Waals surface area contributed by atoms with E-state index in [2.05, 4.69) is 63.3 Å². The maximum Gasteiger partial charge on any atom is 0.0555 e. The normalized spacial score (nSPS) is 17.2. The van der Waals surface area contributed by atoms with Crippen molar-refractivity contribution in [3.63, 3.8) is 0 Å². The zero-order chi connectivity index (χ0) is 13.6. The second kappa shape index (κ2) is 4.41. The van der Waals surface area contributed by atoms with E-state index >= 15 is 0 Å². The van der Waals surface area contributed by atoms with Crippen LogP contribution >= 0.6 is 0 Å². The molecule has 1 nitrogen and oxygen atoms in total. The van der Waals surface area contributed by atoms with Crippen LogP contribution in [0.15, 0.2) is 30.3 Å². The van der Waals surface area contributed by atoms with Gasteiger partial charge in [-0.2, -0.15) is 0 Å². The summed E-state index contributed by atoms with van der Waals surface area (Å²) in [6, 6.07) is 11.7. The molecule has 1 N–H and O–H groups in total. The molecule has 1 heteroatoms. The number of benzene rings is 2. The van der Waals surface area contributed by atoms with E-state index in [1.165, 1.54) is 39.1 Å². The molecule has 2 aromatic rings. The molecule has 1 heterocycles. The summed E-state index contributed by atoms with van der Waals surface area (Å²) in [6.07, 6.45) is 1.10. The fraction of sp³-hybridized carbons (Fsp3) is 0.333. The lowest BCUT2D eigenvalue weighted by atomic mass is 9.97. The third kappa shape index (κ3) is 2.03. The molecule has 0 aliphatic carbocycles. The number of fused-ring (bicyclic) bond motifs is 1. The van der Waals surface area contributed by atoms with Gasteiger partial charge < -0.3 is 5.32 Å². The Bertz CT molecular complexity index is 609. The first-order chi connectivity index (χ1) is 9.06. The molecule has 3 rings (SSSR count). The molecule has 0 amide bonds. The Morgan fingerprint density at radius 3 is 2.21 bits per heavy atom. The molecule has 0 fully saturated rings. The molecular formula is C18H21N. The van der Waals surface area contributed by atoms with Crippen molar-refractivity contribution >= 4 is 5.69 Å². The minimum atomic E-state index is 0.425. The van der Waals surface area contributed by atoms with Gasteiger partial charge in [-0.15, -0.1) is 0 Å². The smallest absolute Gasteiger partial charge is 0.0555 e. The molecule has 1 unspecified atom stereocenters. The molecule has 0 saturated heterocycles. The Labute approximate surface area is 115 Å². The van der Waals surface area contributed by atoms with Crippen molar-refractivity contribution in [3.8, 4) is 0 Å². The molecule has 0 spiro atoms. The van der Waals surface area contributed by atoms with E-state index in [1.807, 2.05) is 0 Å². The Morgan fingerprint density at radius 1 is 0.842 bits per heavy atom. The largest absolute Gasteiger partial charge is 0.377 e. The summed E-state index contributed by atoms with van der Waals surface area (Å²) >= 11 is 0. The summed E-state index contributed by atoms with van der Waals surface area (Å²) in [6.45, 7) is 8.76. The second-order valence-corrected chi connectivity index (χ2v) is 5.80. The SMILES string of the molecule is Cc1ccc(C2Cc3c(C)ccc(C)c3N2)cc1C. The molecule has 1 aliphatic heterocycles. The van der Waals surface area contributed by atoms with Crippen LogP contribution in [0.2, 0.25) is 0 Å².